The van der Waals surface area contributed by atoms with E-state index in [1.54, 1.807) is 18.7 Å². The van der Waals surface area contributed by atoms with E-state index in [4.69, 9.17) is 0 Å². The van der Waals surface area contributed by atoms with Crippen molar-refractivity contribution in [3.63, 3.8) is 0 Å². The van der Waals surface area contributed by atoms with E-state index in [0.29, 0.717) is 19.6 Å². The Morgan fingerprint density at radius 3 is 2.50 bits per heavy atom. The first-order valence-corrected chi connectivity index (χ1v) is 8.09. The second-order valence-electron chi connectivity index (χ2n) is 7.08. The number of amides is 2. The predicted molar refractivity (Wildman–Crippen MR) is 89.0 cm³/mol. The van der Waals surface area contributed by atoms with Crippen molar-refractivity contribution in [2.75, 3.05) is 19.6 Å². The molecule has 122 valence electrons. The lowest BCUT2D eigenvalue weighted by Gasteiger charge is -2.29. The fourth-order valence-electron chi connectivity index (χ4n) is 3.01. The van der Waals surface area contributed by atoms with Gasteiger partial charge in [0.1, 0.15) is 0 Å². The van der Waals surface area contributed by atoms with Crippen LogP contribution in [0.25, 0.3) is 0 Å². The zero-order valence-corrected chi connectivity index (χ0v) is 14.1. The van der Waals surface area contributed by atoms with Gasteiger partial charge in [0.2, 0.25) is 0 Å². The van der Waals surface area contributed by atoms with Crippen molar-refractivity contribution in [1.82, 2.24) is 10.2 Å². The van der Waals surface area contributed by atoms with Gasteiger partial charge in [-0.3, -0.25) is 0 Å². The maximum Gasteiger partial charge on any atom is 0.317 e. The normalized spacial score (nSPS) is 16.2. The summed E-state index contributed by atoms with van der Waals surface area (Å²) in [5.41, 5.74) is 1.87. The molecule has 1 saturated carbocycles. The van der Waals surface area contributed by atoms with Crippen LogP contribution in [0.5, 0.6) is 0 Å². The Morgan fingerprint density at radius 1 is 1.36 bits per heavy atom. The second kappa shape index (κ2) is 6.29. The monoisotopic (exact) mass is 304 g/mol. The molecule has 4 nitrogen and oxygen atoms in total. The Bertz CT molecular complexity index is 530. The summed E-state index contributed by atoms with van der Waals surface area (Å²) in [4.78, 5) is 14.0. The number of carbonyl (C=O) groups excluding carboxylic acids is 1. The summed E-state index contributed by atoms with van der Waals surface area (Å²) in [6.07, 6.45) is 2.24. The molecule has 2 rings (SSSR count). The molecular weight excluding hydrogens is 276 g/mol. The lowest BCUT2D eigenvalue weighted by Crippen LogP contribution is -2.48. The van der Waals surface area contributed by atoms with Crippen LogP contribution >= 0.6 is 0 Å². The molecule has 0 unspecified atom stereocenters. The molecule has 1 aliphatic rings. The van der Waals surface area contributed by atoms with Gasteiger partial charge < -0.3 is 15.3 Å². The number of nitrogens with zero attached hydrogens (tertiary/aromatic N) is 1. The van der Waals surface area contributed by atoms with Gasteiger partial charge in [-0.05, 0) is 51.7 Å². The molecule has 0 radical (unpaired) electrons. The standard InChI is InChI=1S/C18H28N2O2/c1-5-20(13-17(3,4)22)16(21)19-12-18(10-11-18)15-9-7-6-8-14(15)2/h6-9,22H,5,10-13H2,1-4H3,(H,19,21). The van der Waals surface area contributed by atoms with Crippen LogP contribution in [0.2, 0.25) is 0 Å². The van der Waals surface area contributed by atoms with E-state index in [0.717, 1.165) is 12.8 Å². The molecule has 2 N–H and O–H groups in total. The Balaban J connectivity index is 1.97. The van der Waals surface area contributed by atoms with Crippen molar-refractivity contribution in [3.8, 4) is 0 Å². The molecule has 2 amide bonds. The number of aliphatic hydroxyl groups is 1. The van der Waals surface area contributed by atoms with Crippen molar-refractivity contribution < 1.29 is 9.90 Å². The van der Waals surface area contributed by atoms with Gasteiger partial charge in [-0.1, -0.05) is 24.3 Å². The lowest BCUT2D eigenvalue weighted by atomic mass is 9.92. The Morgan fingerprint density at radius 2 is 2.00 bits per heavy atom. The van der Waals surface area contributed by atoms with Gasteiger partial charge in [0, 0.05) is 18.5 Å². The smallest absolute Gasteiger partial charge is 0.317 e. The third-order valence-electron chi connectivity index (χ3n) is 4.39. The van der Waals surface area contributed by atoms with Gasteiger partial charge >= 0.3 is 6.03 Å². The number of carbonyl (C=O) groups is 1. The van der Waals surface area contributed by atoms with Crippen LogP contribution in [0.4, 0.5) is 4.79 Å². The average Bonchev–Trinajstić information content (AvgIpc) is 3.23. The number of nitrogens with one attached hydrogen (secondary N) is 1. The Hall–Kier alpha value is -1.55. The van der Waals surface area contributed by atoms with E-state index in [1.165, 1.54) is 11.1 Å². The predicted octanol–water partition coefficient (Wildman–Crippen LogP) is 2.83. The highest BCUT2D eigenvalue weighted by Crippen LogP contribution is 2.48. The van der Waals surface area contributed by atoms with Gasteiger partial charge in [0.15, 0.2) is 0 Å². The van der Waals surface area contributed by atoms with E-state index in [1.807, 2.05) is 6.92 Å². The molecule has 0 aliphatic heterocycles. The molecule has 0 aromatic heterocycles. The fraction of sp³-hybridized carbons (Fsp3) is 0.611. The zero-order valence-electron chi connectivity index (χ0n) is 14.1. The van der Waals surface area contributed by atoms with Gasteiger partial charge in [-0.15, -0.1) is 0 Å². The van der Waals surface area contributed by atoms with Crippen molar-refractivity contribution in [2.45, 2.75) is 51.6 Å². The molecule has 0 saturated heterocycles. The molecule has 1 fully saturated rings. The molecule has 22 heavy (non-hydrogen) atoms. The van der Waals surface area contributed by atoms with Crippen molar-refractivity contribution in [1.29, 1.82) is 0 Å². The second-order valence-corrected chi connectivity index (χ2v) is 7.08. The highest BCUT2D eigenvalue weighted by atomic mass is 16.3. The summed E-state index contributed by atoms with van der Waals surface area (Å²) in [7, 11) is 0. The van der Waals surface area contributed by atoms with Gasteiger partial charge in [-0.2, -0.15) is 0 Å². The summed E-state index contributed by atoms with van der Waals surface area (Å²) >= 11 is 0. The maximum absolute atomic E-state index is 12.3. The van der Waals surface area contributed by atoms with Crippen molar-refractivity contribution in [3.05, 3.63) is 35.4 Å². The van der Waals surface area contributed by atoms with Gasteiger partial charge in [-0.25, -0.2) is 4.79 Å². The van der Waals surface area contributed by atoms with E-state index in [2.05, 4.69) is 36.5 Å². The summed E-state index contributed by atoms with van der Waals surface area (Å²) in [6.45, 7) is 9.10. The first-order chi connectivity index (χ1) is 10.3. The first kappa shape index (κ1) is 16.8. The van der Waals surface area contributed by atoms with Gasteiger partial charge in [0.25, 0.3) is 0 Å². The molecule has 0 bridgehead atoms. The summed E-state index contributed by atoms with van der Waals surface area (Å²) in [5.74, 6) is 0. The van der Waals surface area contributed by atoms with Gasteiger partial charge in [0.05, 0.1) is 12.1 Å². The molecule has 0 atom stereocenters. The largest absolute Gasteiger partial charge is 0.389 e. The van der Waals surface area contributed by atoms with Crippen LogP contribution in [0.15, 0.2) is 24.3 Å². The number of aryl methyl sites for hydroxylation is 1. The molecular formula is C18H28N2O2. The third kappa shape index (κ3) is 4.01. The zero-order chi connectivity index (χ0) is 16.4. The highest BCUT2D eigenvalue weighted by molar-refractivity contribution is 5.74. The summed E-state index contributed by atoms with van der Waals surface area (Å²) in [6, 6.07) is 8.32. The summed E-state index contributed by atoms with van der Waals surface area (Å²) < 4.78 is 0. The van der Waals surface area contributed by atoms with Crippen LogP contribution in [0.3, 0.4) is 0 Å². The SMILES string of the molecule is CCN(CC(C)(C)O)C(=O)NCC1(c2ccccc2C)CC1. The van der Waals surface area contributed by atoms with E-state index < -0.39 is 5.60 Å². The minimum atomic E-state index is -0.874. The fourth-order valence-corrected chi connectivity index (χ4v) is 3.01. The molecule has 1 aromatic rings. The molecule has 1 aromatic carbocycles. The number of rotatable bonds is 6. The topological polar surface area (TPSA) is 52.6 Å². The number of hydrogen-bond acceptors (Lipinski definition) is 2. The van der Waals surface area contributed by atoms with Crippen LogP contribution < -0.4 is 5.32 Å². The van der Waals surface area contributed by atoms with Crippen LogP contribution in [0, 0.1) is 6.92 Å². The molecule has 4 heteroatoms. The minimum absolute atomic E-state index is 0.0931. The quantitative estimate of drug-likeness (QED) is 0.849. The van der Waals surface area contributed by atoms with Crippen LogP contribution in [0.1, 0.15) is 44.7 Å². The van der Waals surface area contributed by atoms with Crippen LogP contribution in [-0.2, 0) is 5.41 Å². The van der Waals surface area contributed by atoms with Crippen LogP contribution in [-0.4, -0.2) is 41.3 Å². The van der Waals surface area contributed by atoms with E-state index in [9.17, 15) is 9.90 Å². The number of likely N-dealkylation sites (N-methyl/N-ethyl adjacent to an activating group) is 1. The first-order valence-electron chi connectivity index (χ1n) is 8.09. The Kier molecular flexibility index (Phi) is 4.81. The molecule has 1 aliphatic carbocycles. The minimum Gasteiger partial charge on any atom is -0.389 e. The number of hydrogen-bond donors (Lipinski definition) is 2. The number of benzene rings is 1. The maximum atomic E-state index is 12.3. The average molecular weight is 304 g/mol. The van der Waals surface area contributed by atoms with E-state index >= 15 is 0 Å². The van der Waals surface area contributed by atoms with E-state index in [-0.39, 0.29) is 11.4 Å². The number of urea groups is 1. The molecule has 0 heterocycles. The van der Waals surface area contributed by atoms with Crippen molar-refractivity contribution in [2.24, 2.45) is 0 Å². The molecule has 0 spiro atoms. The highest BCUT2D eigenvalue weighted by Gasteiger charge is 2.45. The van der Waals surface area contributed by atoms with Crippen molar-refractivity contribution >= 4 is 6.03 Å². The third-order valence-corrected chi connectivity index (χ3v) is 4.39. The Labute approximate surface area is 133 Å². The lowest BCUT2D eigenvalue weighted by molar-refractivity contribution is 0.0479. The summed E-state index contributed by atoms with van der Waals surface area (Å²) in [5, 5.41) is 13.0.